The number of hydrogen-bond acceptors (Lipinski definition) is 3. The number of aromatic nitrogens is 1. The average molecular weight is 406 g/mol. The molecule has 1 aromatic carbocycles. The van der Waals surface area contributed by atoms with Crippen LogP contribution in [0, 0.1) is 0 Å². The molecule has 0 aliphatic carbocycles. The highest BCUT2D eigenvalue weighted by Gasteiger charge is 2.17. The number of anilines is 1. The van der Waals surface area contributed by atoms with E-state index in [1.807, 2.05) is 31.2 Å². The van der Waals surface area contributed by atoms with Crippen molar-refractivity contribution >= 4 is 62.6 Å². The van der Waals surface area contributed by atoms with Crippen LogP contribution in [0.4, 0.5) is 5.82 Å². The highest BCUT2D eigenvalue weighted by atomic mass is 79.9. The summed E-state index contributed by atoms with van der Waals surface area (Å²) >= 11 is 16.7. The zero-order valence-corrected chi connectivity index (χ0v) is 14.9. The molecule has 1 heterocycles. The molecule has 1 unspecified atom stereocenters. The topological polar surface area (TPSA) is 42.0 Å². The van der Waals surface area contributed by atoms with E-state index >= 15 is 0 Å². The highest BCUT2D eigenvalue weighted by molar-refractivity contribution is 9.10. The van der Waals surface area contributed by atoms with Gasteiger partial charge in [0, 0.05) is 15.6 Å². The molecule has 21 heavy (non-hydrogen) atoms. The third-order valence-electron chi connectivity index (χ3n) is 2.56. The minimum absolute atomic E-state index is 0.174. The fourth-order valence-electron chi connectivity index (χ4n) is 1.51. The summed E-state index contributed by atoms with van der Waals surface area (Å²) < 4.78 is 0.956. The summed E-state index contributed by atoms with van der Waals surface area (Å²) in [7, 11) is 0. The minimum atomic E-state index is -0.294. The average Bonchev–Trinajstić information content (AvgIpc) is 2.44. The number of nitrogens with zero attached hydrogens (tertiary/aromatic N) is 1. The van der Waals surface area contributed by atoms with Crippen LogP contribution < -0.4 is 5.32 Å². The number of carbonyl (C=O) groups is 1. The SMILES string of the molecule is CC(Sc1ccccc1Br)C(=O)Nc1ncc(Cl)cc1Cl. The fourth-order valence-corrected chi connectivity index (χ4v) is 3.39. The number of carbonyl (C=O) groups excluding carboxylic acids is 1. The van der Waals surface area contributed by atoms with Crippen molar-refractivity contribution < 1.29 is 4.79 Å². The molecule has 0 radical (unpaired) electrons. The predicted octanol–water partition coefficient (Wildman–Crippen LogP) is 5.27. The number of benzene rings is 1. The maximum absolute atomic E-state index is 12.2. The van der Waals surface area contributed by atoms with Gasteiger partial charge in [0.05, 0.1) is 15.3 Å². The van der Waals surface area contributed by atoms with Crippen molar-refractivity contribution in [2.45, 2.75) is 17.1 Å². The van der Waals surface area contributed by atoms with Gasteiger partial charge in [-0.2, -0.15) is 0 Å². The van der Waals surface area contributed by atoms with E-state index in [0.717, 1.165) is 9.37 Å². The van der Waals surface area contributed by atoms with Gasteiger partial charge in [0.15, 0.2) is 5.82 Å². The van der Waals surface area contributed by atoms with Crippen LogP contribution >= 0.6 is 50.9 Å². The lowest BCUT2D eigenvalue weighted by Gasteiger charge is -2.13. The van der Waals surface area contributed by atoms with Crippen LogP contribution in [0.5, 0.6) is 0 Å². The van der Waals surface area contributed by atoms with Crippen LogP contribution in [-0.2, 0) is 4.79 Å². The van der Waals surface area contributed by atoms with Crippen molar-refractivity contribution in [3.05, 3.63) is 51.0 Å². The summed E-state index contributed by atoms with van der Waals surface area (Å²) in [4.78, 5) is 17.2. The molecule has 110 valence electrons. The smallest absolute Gasteiger partial charge is 0.238 e. The minimum Gasteiger partial charge on any atom is -0.308 e. The van der Waals surface area contributed by atoms with Gasteiger partial charge in [-0.25, -0.2) is 4.98 Å². The van der Waals surface area contributed by atoms with Crippen molar-refractivity contribution in [3.63, 3.8) is 0 Å². The molecule has 3 nitrogen and oxygen atoms in total. The Morgan fingerprint density at radius 1 is 1.38 bits per heavy atom. The molecule has 2 aromatic rings. The molecule has 0 saturated heterocycles. The predicted molar refractivity (Wildman–Crippen MR) is 92.3 cm³/mol. The second kappa shape index (κ2) is 7.49. The van der Waals surface area contributed by atoms with Crippen LogP contribution in [0.25, 0.3) is 0 Å². The van der Waals surface area contributed by atoms with Crippen molar-refractivity contribution in [2.24, 2.45) is 0 Å². The van der Waals surface area contributed by atoms with E-state index in [0.29, 0.717) is 15.9 Å². The van der Waals surface area contributed by atoms with E-state index in [2.05, 4.69) is 26.2 Å². The molecular weight excluding hydrogens is 395 g/mol. The first-order valence-corrected chi connectivity index (χ1v) is 8.43. The Bertz CT molecular complexity index is 669. The van der Waals surface area contributed by atoms with Gasteiger partial charge < -0.3 is 5.32 Å². The van der Waals surface area contributed by atoms with Crippen molar-refractivity contribution in [3.8, 4) is 0 Å². The first kappa shape index (κ1) is 16.6. The van der Waals surface area contributed by atoms with Crippen molar-refractivity contribution in [2.75, 3.05) is 5.32 Å². The summed E-state index contributed by atoms with van der Waals surface area (Å²) in [5.74, 6) is 0.137. The molecule has 1 amide bonds. The molecule has 7 heteroatoms. The number of nitrogens with one attached hydrogen (secondary N) is 1. The molecular formula is C14H11BrCl2N2OS. The third-order valence-corrected chi connectivity index (χ3v) is 5.19. The number of amides is 1. The molecule has 0 bridgehead atoms. The lowest BCUT2D eigenvalue weighted by atomic mass is 10.4. The van der Waals surface area contributed by atoms with Gasteiger partial charge in [-0.15, -0.1) is 11.8 Å². The maximum atomic E-state index is 12.2. The summed E-state index contributed by atoms with van der Waals surface area (Å²) in [5.41, 5.74) is 0. The summed E-state index contributed by atoms with van der Waals surface area (Å²) in [6.07, 6.45) is 1.44. The zero-order valence-electron chi connectivity index (χ0n) is 10.9. The van der Waals surface area contributed by atoms with Gasteiger partial charge in [-0.3, -0.25) is 4.79 Å². The Labute approximate surface area is 145 Å². The van der Waals surface area contributed by atoms with Gasteiger partial charge >= 0.3 is 0 Å². The Hall–Kier alpha value is -0.750. The van der Waals surface area contributed by atoms with Crippen molar-refractivity contribution in [1.29, 1.82) is 0 Å². The molecule has 0 saturated carbocycles. The van der Waals surface area contributed by atoms with Crippen LogP contribution in [0.1, 0.15) is 6.92 Å². The first-order valence-electron chi connectivity index (χ1n) is 6.00. The standard InChI is InChI=1S/C14H11BrCl2N2OS/c1-8(21-12-5-3-2-4-10(12)15)14(20)19-13-11(17)6-9(16)7-18-13/h2-8H,1H3,(H,18,19,20). The Morgan fingerprint density at radius 2 is 2.10 bits per heavy atom. The quantitative estimate of drug-likeness (QED) is 0.704. The second-order valence-corrected chi connectivity index (χ2v) is 7.24. The van der Waals surface area contributed by atoms with Gasteiger partial charge in [-0.05, 0) is 41.1 Å². The zero-order chi connectivity index (χ0) is 15.4. The van der Waals surface area contributed by atoms with Gasteiger partial charge in [0.2, 0.25) is 5.91 Å². The Kier molecular flexibility index (Phi) is 5.93. The normalized spacial score (nSPS) is 12.0. The van der Waals surface area contributed by atoms with E-state index in [-0.39, 0.29) is 11.2 Å². The van der Waals surface area contributed by atoms with E-state index < -0.39 is 0 Å². The van der Waals surface area contributed by atoms with Crippen LogP contribution in [0.3, 0.4) is 0 Å². The molecule has 2 rings (SSSR count). The largest absolute Gasteiger partial charge is 0.308 e. The maximum Gasteiger partial charge on any atom is 0.238 e. The second-order valence-electron chi connectivity index (χ2n) is 4.16. The summed E-state index contributed by atoms with van der Waals surface area (Å²) in [5, 5.41) is 3.14. The third kappa shape index (κ3) is 4.61. The molecule has 1 aromatic heterocycles. The summed E-state index contributed by atoms with van der Waals surface area (Å²) in [6, 6.07) is 9.28. The van der Waals surface area contributed by atoms with E-state index in [1.165, 1.54) is 24.0 Å². The molecule has 0 spiro atoms. The van der Waals surface area contributed by atoms with E-state index in [1.54, 1.807) is 0 Å². The van der Waals surface area contributed by atoms with E-state index in [4.69, 9.17) is 23.2 Å². The van der Waals surface area contributed by atoms with Gasteiger partial charge in [0.25, 0.3) is 0 Å². The number of pyridine rings is 1. The molecule has 1 atom stereocenters. The monoisotopic (exact) mass is 404 g/mol. The van der Waals surface area contributed by atoms with Gasteiger partial charge in [0.1, 0.15) is 0 Å². The molecule has 1 N–H and O–H groups in total. The highest BCUT2D eigenvalue weighted by Crippen LogP contribution is 2.31. The fraction of sp³-hybridized carbons (Fsp3) is 0.143. The van der Waals surface area contributed by atoms with Crippen LogP contribution in [-0.4, -0.2) is 16.1 Å². The number of thioether (sulfide) groups is 1. The lowest BCUT2D eigenvalue weighted by Crippen LogP contribution is -2.23. The lowest BCUT2D eigenvalue weighted by molar-refractivity contribution is -0.115. The summed E-state index contributed by atoms with van der Waals surface area (Å²) in [6.45, 7) is 1.82. The molecule has 0 aliphatic rings. The van der Waals surface area contributed by atoms with Crippen molar-refractivity contribution in [1.82, 2.24) is 4.98 Å². The van der Waals surface area contributed by atoms with E-state index in [9.17, 15) is 4.79 Å². The van der Waals surface area contributed by atoms with Crippen LogP contribution in [0.15, 0.2) is 45.9 Å². The molecule has 0 aliphatic heterocycles. The first-order chi connectivity index (χ1) is 9.97. The Balaban J connectivity index is 2.04. The number of halogens is 3. The number of hydrogen-bond donors (Lipinski definition) is 1. The van der Waals surface area contributed by atoms with Crippen LogP contribution in [0.2, 0.25) is 10.0 Å². The molecule has 0 fully saturated rings. The van der Waals surface area contributed by atoms with Gasteiger partial charge in [-0.1, -0.05) is 35.3 Å². The Morgan fingerprint density at radius 3 is 2.76 bits per heavy atom. The number of rotatable bonds is 4.